The molecule has 0 heterocycles. The number of nitrogens with one attached hydrogen (secondary N) is 2. The molecule has 0 aliphatic heterocycles. The molecule has 3 rings (SSSR count). The first-order valence-electron chi connectivity index (χ1n) is 13.2. The van der Waals surface area contributed by atoms with Crippen LogP contribution in [0, 0.1) is 18.8 Å². The van der Waals surface area contributed by atoms with Gasteiger partial charge >= 0.3 is 6.09 Å². The third-order valence-corrected chi connectivity index (χ3v) is 6.51. The van der Waals surface area contributed by atoms with Gasteiger partial charge in [0.25, 0.3) is 5.91 Å². The van der Waals surface area contributed by atoms with E-state index in [4.69, 9.17) is 4.74 Å². The number of phenolic OH excluding ortho intramolecular Hbond substituents is 1. The zero-order valence-corrected chi connectivity index (χ0v) is 23.4. The first-order valence-corrected chi connectivity index (χ1v) is 13.2. The van der Waals surface area contributed by atoms with Crippen LogP contribution in [0.2, 0.25) is 0 Å². The molecule has 8 heteroatoms. The summed E-state index contributed by atoms with van der Waals surface area (Å²) in [6, 6.07) is 11.8. The number of carbonyl (C=O) groups is 3. The molecule has 1 aliphatic carbocycles. The number of hydrogen-bond donors (Lipinski definition) is 3. The maximum atomic E-state index is 14.2. The summed E-state index contributed by atoms with van der Waals surface area (Å²) in [5.41, 5.74) is 1.40. The predicted octanol–water partition coefficient (Wildman–Crippen LogP) is 5.56. The van der Waals surface area contributed by atoms with Crippen LogP contribution in [0.4, 0.5) is 10.5 Å². The van der Waals surface area contributed by atoms with Gasteiger partial charge in [0, 0.05) is 11.7 Å². The molecule has 3 N–H and O–H groups in total. The highest BCUT2D eigenvalue weighted by atomic mass is 16.6. The molecule has 0 spiro atoms. The van der Waals surface area contributed by atoms with Gasteiger partial charge in [-0.1, -0.05) is 51.1 Å². The molecule has 0 radical (unpaired) electrons. The summed E-state index contributed by atoms with van der Waals surface area (Å²) in [7, 11) is 0. The molecule has 2 aromatic carbocycles. The SMILES string of the molecule is Cc1ccccc1NC(=O)C(c1ccc(O)cc1)N(C(=O)C(CC(C)C)NC(=O)OC(C)(C)C)C1CC1C. The number of rotatable bonds is 9. The largest absolute Gasteiger partial charge is 0.508 e. The molecular formula is C30H41N3O5. The Labute approximate surface area is 225 Å². The van der Waals surface area contributed by atoms with E-state index in [1.54, 1.807) is 37.8 Å². The van der Waals surface area contributed by atoms with Gasteiger partial charge < -0.3 is 25.4 Å². The summed E-state index contributed by atoms with van der Waals surface area (Å²) in [6.45, 7) is 13.2. The van der Waals surface area contributed by atoms with E-state index in [2.05, 4.69) is 10.6 Å². The topological polar surface area (TPSA) is 108 Å². The average molecular weight is 524 g/mol. The fraction of sp³-hybridized carbons (Fsp3) is 0.500. The lowest BCUT2D eigenvalue weighted by Gasteiger charge is -2.35. The number of nitrogens with zero attached hydrogens (tertiary/aromatic N) is 1. The molecule has 1 aliphatic rings. The molecule has 38 heavy (non-hydrogen) atoms. The summed E-state index contributed by atoms with van der Waals surface area (Å²) >= 11 is 0. The van der Waals surface area contributed by atoms with Crippen LogP contribution in [-0.4, -0.2) is 45.6 Å². The monoisotopic (exact) mass is 523 g/mol. The minimum absolute atomic E-state index is 0.0637. The van der Waals surface area contributed by atoms with Crippen LogP contribution in [0.1, 0.15) is 71.6 Å². The first-order chi connectivity index (χ1) is 17.8. The summed E-state index contributed by atoms with van der Waals surface area (Å²) in [5, 5.41) is 15.7. The quantitative estimate of drug-likeness (QED) is 0.399. The van der Waals surface area contributed by atoms with Gasteiger partial charge in [-0.25, -0.2) is 4.79 Å². The van der Waals surface area contributed by atoms with Gasteiger partial charge in [-0.2, -0.15) is 0 Å². The molecule has 4 atom stereocenters. The van der Waals surface area contributed by atoms with Crippen LogP contribution in [-0.2, 0) is 14.3 Å². The number of aryl methyl sites for hydroxylation is 1. The van der Waals surface area contributed by atoms with E-state index in [1.165, 1.54) is 12.1 Å². The Morgan fingerprint density at radius 1 is 1.08 bits per heavy atom. The van der Waals surface area contributed by atoms with E-state index >= 15 is 0 Å². The molecule has 4 unspecified atom stereocenters. The van der Waals surface area contributed by atoms with E-state index in [0.717, 1.165) is 12.0 Å². The van der Waals surface area contributed by atoms with Crippen molar-refractivity contribution in [2.45, 2.75) is 85.0 Å². The normalized spacial score (nSPS) is 18.3. The number of aromatic hydroxyl groups is 1. The zero-order chi connectivity index (χ0) is 28.2. The Hall–Kier alpha value is -3.55. The van der Waals surface area contributed by atoms with Crippen LogP contribution >= 0.6 is 0 Å². The highest BCUT2D eigenvalue weighted by Gasteiger charge is 2.48. The van der Waals surface area contributed by atoms with Crippen molar-refractivity contribution in [3.8, 4) is 5.75 Å². The van der Waals surface area contributed by atoms with Gasteiger partial charge in [-0.15, -0.1) is 0 Å². The van der Waals surface area contributed by atoms with E-state index in [9.17, 15) is 19.5 Å². The molecule has 1 fully saturated rings. The lowest BCUT2D eigenvalue weighted by Crippen LogP contribution is -2.53. The average Bonchev–Trinajstić information content (AvgIpc) is 3.53. The Morgan fingerprint density at radius 2 is 1.68 bits per heavy atom. The predicted molar refractivity (Wildman–Crippen MR) is 148 cm³/mol. The summed E-state index contributed by atoms with van der Waals surface area (Å²) < 4.78 is 5.45. The maximum Gasteiger partial charge on any atom is 0.408 e. The smallest absolute Gasteiger partial charge is 0.408 e. The number of hydrogen-bond acceptors (Lipinski definition) is 5. The van der Waals surface area contributed by atoms with Gasteiger partial charge in [-0.3, -0.25) is 9.59 Å². The van der Waals surface area contributed by atoms with Crippen molar-refractivity contribution >= 4 is 23.6 Å². The summed E-state index contributed by atoms with van der Waals surface area (Å²) in [4.78, 5) is 42.5. The first kappa shape index (κ1) is 29.0. The van der Waals surface area contributed by atoms with Gasteiger partial charge in [-0.05, 0) is 81.7 Å². The minimum atomic E-state index is -0.965. The van der Waals surface area contributed by atoms with Crippen molar-refractivity contribution in [1.29, 1.82) is 0 Å². The third kappa shape index (κ3) is 7.73. The molecule has 2 aromatic rings. The van der Waals surface area contributed by atoms with Crippen LogP contribution in [0.3, 0.4) is 0 Å². The van der Waals surface area contributed by atoms with Gasteiger partial charge in [0.15, 0.2) is 0 Å². The number of para-hydroxylation sites is 1. The lowest BCUT2D eigenvalue weighted by atomic mass is 9.98. The van der Waals surface area contributed by atoms with Gasteiger partial charge in [0.05, 0.1) is 0 Å². The molecule has 0 bridgehead atoms. The van der Waals surface area contributed by atoms with Crippen molar-refractivity contribution in [2.75, 3.05) is 5.32 Å². The molecule has 3 amide bonds. The Bertz CT molecular complexity index is 1140. The second kappa shape index (κ2) is 11.9. The highest BCUT2D eigenvalue weighted by Crippen LogP contribution is 2.41. The number of carbonyl (C=O) groups excluding carboxylic acids is 3. The van der Waals surface area contributed by atoms with Gasteiger partial charge in [0.1, 0.15) is 23.4 Å². The van der Waals surface area contributed by atoms with E-state index in [0.29, 0.717) is 17.7 Å². The number of anilines is 1. The highest BCUT2D eigenvalue weighted by molar-refractivity contribution is 5.99. The van der Waals surface area contributed by atoms with E-state index in [-0.39, 0.29) is 35.4 Å². The second-order valence-corrected chi connectivity index (χ2v) is 11.7. The van der Waals surface area contributed by atoms with Crippen molar-refractivity contribution in [3.05, 3.63) is 59.7 Å². The molecule has 1 saturated carbocycles. The van der Waals surface area contributed by atoms with Crippen molar-refractivity contribution in [1.82, 2.24) is 10.2 Å². The zero-order valence-electron chi connectivity index (χ0n) is 23.4. The maximum absolute atomic E-state index is 14.2. The van der Waals surface area contributed by atoms with Crippen LogP contribution < -0.4 is 10.6 Å². The number of phenols is 1. The summed E-state index contributed by atoms with van der Waals surface area (Å²) in [6.07, 6.45) is 0.460. The van der Waals surface area contributed by atoms with Crippen LogP contribution in [0.15, 0.2) is 48.5 Å². The van der Waals surface area contributed by atoms with Crippen molar-refractivity contribution < 1.29 is 24.2 Å². The number of ether oxygens (including phenoxy) is 1. The molecule has 8 nitrogen and oxygen atoms in total. The minimum Gasteiger partial charge on any atom is -0.508 e. The fourth-order valence-corrected chi connectivity index (χ4v) is 4.50. The molecule has 0 saturated heterocycles. The Morgan fingerprint density at radius 3 is 2.21 bits per heavy atom. The molecular weight excluding hydrogens is 482 g/mol. The van der Waals surface area contributed by atoms with E-state index in [1.807, 2.05) is 52.0 Å². The van der Waals surface area contributed by atoms with Gasteiger partial charge in [0.2, 0.25) is 5.91 Å². The lowest BCUT2D eigenvalue weighted by molar-refractivity contribution is -0.142. The fourth-order valence-electron chi connectivity index (χ4n) is 4.50. The van der Waals surface area contributed by atoms with E-state index < -0.39 is 23.8 Å². The van der Waals surface area contributed by atoms with Crippen molar-refractivity contribution in [3.63, 3.8) is 0 Å². The number of amides is 3. The number of benzene rings is 2. The van der Waals surface area contributed by atoms with Crippen molar-refractivity contribution in [2.24, 2.45) is 11.8 Å². The molecule has 0 aromatic heterocycles. The van der Waals surface area contributed by atoms with Crippen LogP contribution in [0.25, 0.3) is 0 Å². The third-order valence-electron chi connectivity index (χ3n) is 6.51. The second-order valence-electron chi connectivity index (χ2n) is 11.7. The standard InChI is InChI=1S/C30H41N3O5/c1-18(2)16-24(32-29(37)38-30(5,6)7)28(36)33(25-17-20(25)4)26(21-12-14-22(34)15-13-21)27(35)31-23-11-9-8-10-19(23)3/h8-15,18,20,24-26,34H,16-17H2,1-7H3,(H,31,35)(H,32,37). The Balaban J connectivity index is 2.02. The molecule has 206 valence electrons. The number of alkyl carbamates (subject to hydrolysis) is 1. The van der Waals surface area contributed by atoms with Crippen LogP contribution in [0.5, 0.6) is 5.75 Å². The Kier molecular flexibility index (Phi) is 9.07. The summed E-state index contributed by atoms with van der Waals surface area (Å²) in [5.74, 6) is -0.333.